The highest BCUT2D eigenvalue weighted by Gasteiger charge is 1.73. The van der Waals surface area contributed by atoms with Gasteiger partial charge >= 0.3 is 0 Å². The second-order valence-corrected chi connectivity index (χ2v) is 1.51. The quantitative estimate of drug-likeness (QED) is 0.245. The molecule has 0 radical (unpaired) electrons. The average molecular weight is 114 g/mol. The maximum Gasteiger partial charge on any atom is 0.131 e. The summed E-state index contributed by atoms with van der Waals surface area (Å²) >= 11 is 0.837. The molecule has 0 aliphatic heterocycles. The van der Waals surface area contributed by atoms with Crippen molar-refractivity contribution in [2.45, 2.75) is 0 Å². The van der Waals surface area contributed by atoms with Crippen molar-refractivity contribution in [2.75, 3.05) is 0 Å². The van der Waals surface area contributed by atoms with Crippen molar-refractivity contribution in [2.24, 2.45) is 0 Å². The first-order valence-corrected chi connectivity index (χ1v) is 2.73. The highest BCUT2D eigenvalue weighted by molar-refractivity contribution is 8.72. The molecule has 0 aliphatic rings. The van der Waals surface area contributed by atoms with Gasteiger partial charge in [-0.05, 0) is 0 Å². The number of hydrogen-bond acceptors (Lipinski definition) is 5. The molecule has 0 aromatic rings. The lowest BCUT2D eigenvalue weighted by atomic mass is 15.0. The Hall–Kier alpha value is 0.580. The molecule has 0 heterocycles. The molecule has 0 bridgehead atoms. The third-order valence-electron chi connectivity index (χ3n) is 0.0609. The first kappa shape index (κ1) is 5.58. The van der Waals surface area contributed by atoms with E-state index in [9.17, 15) is 0 Å². The zero-order valence-electron chi connectivity index (χ0n) is 2.12. The SMILES string of the molecule is OOSSO. The van der Waals surface area contributed by atoms with E-state index in [1.807, 2.05) is 0 Å². The number of hydrogen-bond donors (Lipinski definition) is 2. The summed E-state index contributed by atoms with van der Waals surface area (Å²) in [7, 11) is 0. The van der Waals surface area contributed by atoms with Gasteiger partial charge in [-0.2, -0.15) is 4.33 Å². The fourth-order valence-corrected chi connectivity index (χ4v) is 0.122. The van der Waals surface area contributed by atoms with Crippen LogP contribution in [0.4, 0.5) is 0 Å². The second-order valence-electron chi connectivity index (χ2n) is 0.217. The van der Waals surface area contributed by atoms with E-state index in [2.05, 4.69) is 4.33 Å². The standard InChI is InChI=1S/H2O3S2/c1-3-5-4-2/h1-2H. The van der Waals surface area contributed by atoms with E-state index in [0.717, 1.165) is 0 Å². The fourth-order valence-electron chi connectivity index (χ4n) is 0.0136. The molecule has 0 saturated heterocycles. The van der Waals surface area contributed by atoms with Crippen molar-refractivity contribution in [3.05, 3.63) is 0 Å². The minimum Gasteiger partial charge on any atom is -0.319 e. The van der Waals surface area contributed by atoms with Gasteiger partial charge in [0.25, 0.3) is 0 Å². The largest absolute Gasteiger partial charge is 0.319 e. The molecule has 0 aliphatic carbocycles. The van der Waals surface area contributed by atoms with Crippen LogP contribution in [0.3, 0.4) is 0 Å². The molecular weight excluding hydrogens is 112 g/mol. The average Bonchev–Trinajstić information content (AvgIpc) is 1.41. The smallest absolute Gasteiger partial charge is 0.131 e. The minimum atomic E-state index is 0.346. The molecule has 0 atom stereocenters. The lowest BCUT2D eigenvalue weighted by Gasteiger charge is -1.77. The van der Waals surface area contributed by atoms with Gasteiger partial charge in [0.2, 0.25) is 0 Å². The minimum absolute atomic E-state index is 0.346. The Morgan fingerprint density at radius 1 is 1.60 bits per heavy atom. The third kappa shape index (κ3) is 4.58. The Bertz CT molecular complexity index is 12.4. The van der Waals surface area contributed by atoms with Crippen LogP contribution in [0.2, 0.25) is 0 Å². The molecule has 0 spiro atoms. The molecule has 0 aromatic carbocycles. The predicted molar refractivity (Wildman–Crippen MR) is 21.5 cm³/mol. The van der Waals surface area contributed by atoms with Crippen LogP contribution >= 0.6 is 22.1 Å². The Labute approximate surface area is 37.1 Å². The van der Waals surface area contributed by atoms with Crippen LogP contribution in [0.15, 0.2) is 0 Å². The summed E-state index contributed by atoms with van der Waals surface area (Å²) in [5, 5.41) is 7.35. The Morgan fingerprint density at radius 3 is 2.20 bits per heavy atom. The molecule has 5 heteroatoms. The zero-order valence-corrected chi connectivity index (χ0v) is 3.75. The van der Waals surface area contributed by atoms with Crippen LogP contribution in [-0.2, 0) is 4.33 Å². The van der Waals surface area contributed by atoms with Gasteiger partial charge in [-0.3, -0.25) is 0 Å². The van der Waals surface area contributed by atoms with Gasteiger partial charge in [-0.15, -0.1) is 0 Å². The summed E-state index contributed by atoms with van der Waals surface area (Å²) in [6.45, 7) is 0. The molecule has 0 saturated carbocycles. The van der Waals surface area contributed by atoms with Gasteiger partial charge in [0, 0.05) is 0 Å². The molecule has 0 aromatic heterocycles. The van der Waals surface area contributed by atoms with Gasteiger partial charge < -0.3 is 4.55 Å². The van der Waals surface area contributed by atoms with Crippen LogP contribution in [0, 0.1) is 0 Å². The first-order chi connectivity index (χ1) is 2.41. The maximum atomic E-state index is 7.66. The van der Waals surface area contributed by atoms with Crippen molar-refractivity contribution in [3.8, 4) is 0 Å². The second kappa shape index (κ2) is 4.58. The van der Waals surface area contributed by atoms with E-state index < -0.39 is 0 Å². The Kier molecular flexibility index (Phi) is 5.11. The van der Waals surface area contributed by atoms with Crippen LogP contribution < -0.4 is 0 Å². The van der Waals surface area contributed by atoms with E-state index in [-0.39, 0.29) is 0 Å². The lowest BCUT2D eigenvalue weighted by molar-refractivity contribution is -0.114. The van der Waals surface area contributed by atoms with Crippen molar-refractivity contribution >= 4 is 22.1 Å². The number of rotatable bonds is 2. The lowest BCUT2D eigenvalue weighted by Crippen LogP contribution is -1.54. The summed E-state index contributed by atoms with van der Waals surface area (Å²) in [5.41, 5.74) is 0. The van der Waals surface area contributed by atoms with Crippen LogP contribution in [-0.4, -0.2) is 9.81 Å². The summed E-state index contributed by atoms with van der Waals surface area (Å²) in [6, 6.07) is 0. The molecule has 5 heavy (non-hydrogen) atoms. The third-order valence-corrected chi connectivity index (χ3v) is 0.548. The van der Waals surface area contributed by atoms with E-state index >= 15 is 0 Å². The molecular formula is H2O3S2. The van der Waals surface area contributed by atoms with Crippen LogP contribution in [0.5, 0.6) is 0 Å². The summed E-state index contributed by atoms with van der Waals surface area (Å²) in [4.78, 5) is 0. The van der Waals surface area contributed by atoms with Gasteiger partial charge in [0.15, 0.2) is 0 Å². The van der Waals surface area contributed by atoms with Crippen LogP contribution in [0.1, 0.15) is 0 Å². The van der Waals surface area contributed by atoms with Crippen LogP contribution in [0.25, 0.3) is 0 Å². The van der Waals surface area contributed by atoms with Crippen molar-refractivity contribution in [1.82, 2.24) is 0 Å². The summed E-state index contributed by atoms with van der Waals surface area (Å²) in [5.74, 6) is 0. The van der Waals surface area contributed by atoms with Crippen molar-refractivity contribution in [1.29, 1.82) is 0 Å². The van der Waals surface area contributed by atoms with Gasteiger partial charge in [0.05, 0.1) is 11.1 Å². The maximum absolute atomic E-state index is 7.66. The predicted octanol–water partition coefficient (Wildman–Crippen LogP) is 1.25. The van der Waals surface area contributed by atoms with E-state index in [0.29, 0.717) is 22.1 Å². The fraction of sp³-hybridized carbons (Fsp3) is 0. The molecule has 32 valence electrons. The first-order valence-electron chi connectivity index (χ1n) is 0.698. The van der Waals surface area contributed by atoms with E-state index in [4.69, 9.17) is 9.81 Å². The van der Waals surface area contributed by atoms with Gasteiger partial charge in [0.1, 0.15) is 11.1 Å². The molecule has 0 fully saturated rings. The van der Waals surface area contributed by atoms with Gasteiger partial charge in [-0.25, -0.2) is 5.26 Å². The molecule has 2 N–H and O–H groups in total. The Morgan fingerprint density at radius 2 is 2.20 bits per heavy atom. The molecule has 0 rings (SSSR count). The highest BCUT2D eigenvalue weighted by Crippen LogP contribution is 2.14. The topological polar surface area (TPSA) is 49.7 Å². The monoisotopic (exact) mass is 114 g/mol. The van der Waals surface area contributed by atoms with Crippen molar-refractivity contribution in [3.63, 3.8) is 0 Å². The van der Waals surface area contributed by atoms with Crippen molar-refractivity contribution < 1.29 is 14.1 Å². The highest BCUT2D eigenvalue weighted by atomic mass is 33.1. The summed E-state index contributed by atoms with van der Waals surface area (Å²) in [6.07, 6.45) is 0. The normalized spacial score (nSPS) is 8.40. The van der Waals surface area contributed by atoms with E-state index in [1.54, 1.807) is 0 Å². The molecule has 3 nitrogen and oxygen atoms in total. The Balaban J connectivity index is 2.19. The van der Waals surface area contributed by atoms with E-state index in [1.165, 1.54) is 0 Å². The summed E-state index contributed by atoms with van der Waals surface area (Å²) < 4.78 is 11.0. The zero-order chi connectivity index (χ0) is 4.12. The molecule has 0 unspecified atom stereocenters. The molecule has 0 amide bonds. The van der Waals surface area contributed by atoms with Gasteiger partial charge in [-0.1, -0.05) is 0 Å².